The maximum absolute atomic E-state index is 11.4. The van der Waals surface area contributed by atoms with Crippen LogP contribution in [0.25, 0.3) is 0 Å². The Hall–Kier alpha value is -1.61. The molecule has 0 amide bonds. The van der Waals surface area contributed by atoms with Gasteiger partial charge in [0.2, 0.25) is 0 Å². The van der Waals surface area contributed by atoms with Crippen molar-refractivity contribution in [2.45, 2.75) is 78.4 Å². The van der Waals surface area contributed by atoms with Crippen molar-refractivity contribution in [3.8, 4) is 0 Å². The molecular formula is C24H38O4. The van der Waals surface area contributed by atoms with Crippen molar-refractivity contribution in [1.82, 2.24) is 0 Å². The quantitative estimate of drug-likeness (QED) is 0.170. The van der Waals surface area contributed by atoms with Crippen molar-refractivity contribution in [1.29, 1.82) is 0 Å². The van der Waals surface area contributed by atoms with Crippen molar-refractivity contribution < 1.29 is 19.7 Å². The van der Waals surface area contributed by atoms with Gasteiger partial charge < -0.3 is 14.9 Å². The first-order valence-electron chi connectivity index (χ1n) is 10.5. The molecule has 0 saturated heterocycles. The molecule has 0 saturated carbocycles. The van der Waals surface area contributed by atoms with Crippen LogP contribution in [0.1, 0.15) is 72.6 Å². The van der Waals surface area contributed by atoms with Crippen LogP contribution >= 0.6 is 0 Å². The fraction of sp³-hybridized carbons (Fsp3) is 0.667. The molecule has 28 heavy (non-hydrogen) atoms. The number of carbonyl (C=O) groups excluding carboxylic acids is 1. The third-order valence-corrected chi connectivity index (χ3v) is 5.38. The second-order valence-corrected chi connectivity index (χ2v) is 8.14. The molecule has 0 aromatic carbocycles. The van der Waals surface area contributed by atoms with Crippen LogP contribution in [0.5, 0.6) is 0 Å². The van der Waals surface area contributed by atoms with E-state index in [1.807, 2.05) is 6.92 Å². The normalized spacial score (nSPS) is 21.8. The number of carbonyl (C=O) groups is 1. The second kappa shape index (κ2) is 12.1. The Morgan fingerprint density at radius 2 is 1.89 bits per heavy atom. The highest BCUT2D eigenvalue weighted by atomic mass is 16.6. The SMILES string of the molecule is CCCCCCC=C[C@H]1C=C[C@H](C)[C@@H]1CC(C)=C=C(C)CC(O)(O)C(=O)OC. The van der Waals surface area contributed by atoms with Crippen LogP contribution in [0.3, 0.4) is 0 Å². The molecule has 4 nitrogen and oxygen atoms in total. The number of esters is 1. The van der Waals surface area contributed by atoms with E-state index >= 15 is 0 Å². The van der Waals surface area contributed by atoms with Crippen LogP contribution < -0.4 is 0 Å². The number of hydrogen-bond donors (Lipinski definition) is 2. The van der Waals surface area contributed by atoms with E-state index in [4.69, 9.17) is 0 Å². The zero-order chi connectivity index (χ0) is 21.2. The summed E-state index contributed by atoms with van der Waals surface area (Å²) in [7, 11) is 1.13. The zero-order valence-corrected chi connectivity index (χ0v) is 18.2. The minimum atomic E-state index is -2.50. The number of hydrogen-bond acceptors (Lipinski definition) is 4. The first-order valence-corrected chi connectivity index (χ1v) is 10.5. The van der Waals surface area contributed by atoms with Gasteiger partial charge in [0.05, 0.1) is 7.11 Å². The van der Waals surface area contributed by atoms with E-state index in [-0.39, 0.29) is 6.42 Å². The molecule has 0 bridgehead atoms. The lowest BCUT2D eigenvalue weighted by molar-refractivity contribution is -0.206. The van der Waals surface area contributed by atoms with E-state index in [1.54, 1.807) is 6.92 Å². The van der Waals surface area contributed by atoms with Crippen LogP contribution in [-0.4, -0.2) is 29.1 Å². The molecule has 0 aliphatic heterocycles. The Morgan fingerprint density at radius 1 is 1.18 bits per heavy atom. The summed E-state index contributed by atoms with van der Waals surface area (Å²) in [6.07, 6.45) is 16.2. The van der Waals surface area contributed by atoms with E-state index < -0.39 is 11.8 Å². The highest BCUT2D eigenvalue weighted by Crippen LogP contribution is 2.36. The molecule has 0 aromatic heterocycles. The number of methoxy groups -OCH3 is 1. The van der Waals surface area contributed by atoms with Gasteiger partial charge in [-0.1, -0.05) is 57.4 Å². The molecule has 3 atom stereocenters. The topological polar surface area (TPSA) is 66.8 Å². The van der Waals surface area contributed by atoms with Crippen LogP contribution in [0.4, 0.5) is 0 Å². The van der Waals surface area contributed by atoms with Gasteiger partial charge in [-0.25, -0.2) is 4.79 Å². The van der Waals surface area contributed by atoms with E-state index in [9.17, 15) is 15.0 Å². The molecule has 4 heteroatoms. The molecule has 0 fully saturated rings. The summed E-state index contributed by atoms with van der Waals surface area (Å²) in [6.45, 7) is 8.23. The fourth-order valence-corrected chi connectivity index (χ4v) is 3.83. The predicted molar refractivity (Wildman–Crippen MR) is 113 cm³/mol. The van der Waals surface area contributed by atoms with Crippen molar-refractivity contribution in [3.63, 3.8) is 0 Å². The number of allylic oxidation sites excluding steroid dienone is 4. The molecule has 2 N–H and O–H groups in total. The molecule has 0 radical (unpaired) electrons. The largest absolute Gasteiger partial charge is 0.465 e. The van der Waals surface area contributed by atoms with E-state index in [0.29, 0.717) is 23.3 Å². The Balaban J connectivity index is 2.70. The lowest BCUT2D eigenvalue weighted by Crippen LogP contribution is -2.39. The second-order valence-electron chi connectivity index (χ2n) is 8.14. The summed E-state index contributed by atoms with van der Waals surface area (Å²) in [6, 6.07) is 0. The average molecular weight is 391 g/mol. The Bertz CT molecular complexity index is 621. The molecule has 0 heterocycles. The van der Waals surface area contributed by atoms with Crippen LogP contribution in [0, 0.1) is 17.8 Å². The zero-order valence-electron chi connectivity index (χ0n) is 18.2. The van der Waals surface area contributed by atoms with Crippen LogP contribution in [0.2, 0.25) is 0 Å². The third-order valence-electron chi connectivity index (χ3n) is 5.38. The first kappa shape index (κ1) is 24.4. The van der Waals surface area contributed by atoms with Gasteiger partial charge in [-0.15, -0.1) is 5.73 Å². The molecule has 0 aromatic rings. The Kier molecular flexibility index (Phi) is 10.5. The summed E-state index contributed by atoms with van der Waals surface area (Å²) in [5.74, 6) is -2.14. The number of aliphatic hydroxyl groups is 2. The van der Waals surface area contributed by atoms with Crippen molar-refractivity contribution >= 4 is 5.97 Å². The molecule has 1 aliphatic rings. The van der Waals surface area contributed by atoms with Gasteiger partial charge in [-0.05, 0) is 62.0 Å². The first-order chi connectivity index (χ1) is 13.2. The molecule has 1 aliphatic carbocycles. The van der Waals surface area contributed by atoms with Crippen molar-refractivity contribution in [2.24, 2.45) is 17.8 Å². The fourth-order valence-electron chi connectivity index (χ4n) is 3.83. The highest BCUT2D eigenvalue weighted by Gasteiger charge is 2.34. The minimum Gasteiger partial charge on any atom is -0.465 e. The highest BCUT2D eigenvalue weighted by molar-refractivity contribution is 5.77. The summed E-state index contributed by atoms with van der Waals surface area (Å²) >= 11 is 0. The van der Waals surface area contributed by atoms with E-state index in [1.165, 1.54) is 25.7 Å². The van der Waals surface area contributed by atoms with Crippen molar-refractivity contribution in [2.75, 3.05) is 7.11 Å². The van der Waals surface area contributed by atoms with Gasteiger partial charge in [-0.2, -0.15) is 0 Å². The predicted octanol–water partition coefficient (Wildman–Crippen LogP) is 5.08. The number of rotatable bonds is 11. The van der Waals surface area contributed by atoms with Gasteiger partial charge in [0, 0.05) is 6.42 Å². The molecular weight excluding hydrogens is 352 g/mol. The van der Waals surface area contributed by atoms with E-state index in [0.717, 1.165) is 25.5 Å². The van der Waals surface area contributed by atoms with Gasteiger partial charge in [-0.3, -0.25) is 0 Å². The average Bonchev–Trinajstić information content (AvgIpc) is 2.96. The lowest BCUT2D eigenvalue weighted by atomic mass is 9.83. The van der Waals surface area contributed by atoms with Gasteiger partial charge in [0.25, 0.3) is 5.79 Å². The number of unbranched alkanes of at least 4 members (excludes halogenated alkanes) is 4. The molecule has 0 spiro atoms. The standard InChI is InChI=1S/C24H38O4/c1-6-7-8-9-10-11-12-21-14-13-20(4)22(21)16-18(2)15-19(3)17-24(26,27)23(25)28-5/h11-14,20-22,26-27H,6-10,16-17H2,1-5H3/t15?,20-,21-,22-/m0/s1. The minimum absolute atomic E-state index is 0.212. The summed E-state index contributed by atoms with van der Waals surface area (Å²) in [4.78, 5) is 11.4. The van der Waals surface area contributed by atoms with Crippen LogP contribution in [-0.2, 0) is 9.53 Å². The Labute approximate surface area is 170 Å². The number of ether oxygens (including phenoxy) is 1. The molecule has 1 rings (SSSR count). The maximum atomic E-state index is 11.4. The monoisotopic (exact) mass is 390 g/mol. The van der Waals surface area contributed by atoms with Gasteiger partial charge in [0.15, 0.2) is 0 Å². The molecule has 0 unspecified atom stereocenters. The van der Waals surface area contributed by atoms with Gasteiger partial charge >= 0.3 is 5.97 Å². The summed E-state index contributed by atoms with van der Waals surface area (Å²) < 4.78 is 4.42. The molecule has 158 valence electrons. The Morgan fingerprint density at radius 3 is 2.54 bits per heavy atom. The smallest absolute Gasteiger partial charge is 0.366 e. The summed E-state index contributed by atoms with van der Waals surface area (Å²) in [5, 5.41) is 19.6. The maximum Gasteiger partial charge on any atom is 0.366 e. The van der Waals surface area contributed by atoms with E-state index in [2.05, 4.69) is 48.6 Å². The van der Waals surface area contributed by atoms with Gasteiger partial charge in [0.1, 0.15) is 0 Å². The third kappa shape index (κ3) is 8.18. The van der Waals surface area contributed by atoms with Crippen LogP contribution in [0.15, 0.2) is 41.2 Å². The summed E-state index contributed by atoms with van der Waals surface area (Å²) in [5.41, 5.74) is 4.90. The lowest BCUT2D eigenvalue weighted by Gasteiger charge is -2.21. The van der Waals surface area contributed by atoms with Crippen molar-refractivity contribution in [3.05, 3.63) is 41.2 Å².